The van der Waals surface area contributed by atoms with E-state index < -0.39 is 0 Å². The lowest BCUT2D eigenvalue weighted by molar-refractivity contribution is 0.187. The highest BCUT2D eigenvalue weighted by Crippen LogP contribution is 2.30. The largest absolute Gasteiger partial charge is 0.333 e. The van der Waals surface area contributed by atoms with Gasteiger partial charge in [0, 0.05) is 61.2 Å². The van der Waals surface area contributed by atoms with E-state index in [1.54, 1.807) is 12.4 Å². The van der Waals surface area contributed by atoms with Crippen molar-refractivity contribution in [2.24, 2.45) is 0 Å². The Morgan fingerprint density at radius 3 is 2.69 bits per heavy atom. The summed E-state index contributed by atoms with van der Waals surface area (Å²) >= 11 is 0. The number of H-pyrrole nitrogens is 1. The quantitative estimate of drug-likeness (QED) is 0.666. The molecule has 4 heterocycles. The average Bonchev–Trinajstić information content (AvgIpc) is 3.44. The molecule has 1 fully saturated rings. The minimum atomic E-state index is 0.0117. The molecular weight excluding hydrogens is 400 g/mol. The van der Waals surface area contributed by atoms with E-state index in [1.165, 1.54) is 11.1 Å². The zero-order valence-corrected chi connectivity index (χ0v) is 18.7. The van der Waals surface area contributed by atoms with E-state index in [1.807, 2.05) is 17.0 Å². The summed E-state index contributed by atoms with van der Waals surface area (Å²) in [7, 11) is 0. The van der Waals surface area contributed by atoms with Crippen molar-refractivity contribution < 1.29 is 4.79 Å². The van der Waals surface area contributed by atoms with Crippen molar-refractivity contribution in [2.75, 3.05) is 26.2 Å². The van der Waals surface area contributed by atoms with Gasteiger partial charge in [0.1, 0.15) is 0 Å². The lowest BCUT2D eigenvalue weighted by Crippen LogP contribution is -2.48. The summed E-state index contributed by atoms with van der Waals surface area (Å²) in [5.41, 5.74) is 6.72. The summed E-state index contributed by atoms with van der Waals surface area (Å²) < 4.78 is 0. The first kappa shape index (κ1) is 20.7. The van der Waals surface area contributed by atoms with Crippen LogP contribution in [0.5, 0.6) is 0 Å². The third-order valence-electron chi connectivity index (χ3n) is 6.83. The van der Waals surface area contributed by atoms with Crippen LogP contribution >= 0.6 is 0 Å². The average molecular weight is 431 g/mol. The van der Waals surface area contributed by atoms with Crippen LogP contribution in [-0.4, -0.2) is 63.2 Å². The molecule has 2 aliphatic heterocycles. The summed E-state index contributed by atoms with van der Waals surface area (Å²) in [6.07, 6.45) is 4.33. The van der Waals surface area contributed by atoms with Crippen molar-refractivity contribution in [1.82, 2.24) is 30.3 Å². The molecule has 2 aliphatic rings. The third kappa shape index (κ3) is 4.00. The van der Waals surface area contributed by atoms with Crippen molar-refractivity contribution in [3.05, 3.63) is 71.2 Å². The van der Waals surface area contributed by atoms with E-state index in [4.69, 9.17) is 0 Å². The molecular formula is C25H30N6O. The summed E-state index contributed by atoms with van der Waals surface area (Å²) in [5.74, 6) is 0.307. The Bertz CT molecular complexity index is 1080. The summed E-state index contributed by atoms with van der Waals surface area (Å²) in [4.78, 5) is 21.8. The topological polar surface area (TPSA) is 77.2 Å². The van der Waals surface area contributed by atoms with Crippen molar-refractivity contribution >= 4 is 6.03 Å². The Morgan fingerprint density at radius 1 is 1.16 bits per heavy atom. The monoisotopic (exact) mass is 430 g/mol. The van der Waals surface area contributed by atoms with E-state index in [2.05, 4.69) is 63.5 Å². The van der Waals surface area contributed by atoms with Crippen LogP contribution in [0.4, 0.5) is 4.79 Å². The van der Waals surface area contributed by atoms with Crippen molar-refractivity contribution in [1.29, 1.82) is 0 Å². The number of carbonyl (C=O) groups is 1. The highest BCUT2D eigenvalue weighted by Gasteiger charge is 2.35. The number of carbonyl (C=O) groups excluding carboxylic acids is 1. The van der Waals surface area contributed by atoms with Crippen LogP contribution in [0.25, 0.3) is 11.3 Å². The maximum Gasteiger partial charge on any atom is 0.317 e. The number of urea groups is 1. The van der Waals surface area contributed by atoms with Gasteiger partial charge in [0.25, 0.3) is 0 Å². The van der Waals surface area contributed by atoms with Gasteiger partial charge in [-0.05, 0) is 31.2 Å². The molecule has 0 aliphatic carbocycles. The van der Waals surface area contributed by atoms with Crippen LogP contribution in [0.1, 0.15) is 35.2 Å². The number of likely N-dealkylation sites (N-methyl/N-ethyl adjacent to an activating group) is 1. The maximum absolute atomic E-state index is 13.3. The third-order valence-corrected chi connectivity index (χ3v) is 6.83. The smallest absolute Gasteiger partial charge is 0.317 e. The number of pyridine rings is 1. The predicted molar refractivity (Wildman–Crippen MR) is 124 cm³/mol. The van der Waals surface area contributed by atoms with E-state index >= 15 is 0 Å². The molecule has 7 nitrogen and oxygen atoms in total. The zero-order chi connectivity index (χ0) is 22.1. The highest BCUT2D eigenvalue weighted by molar-refractivity contribution is 5.76. The molecule has 5 rings (SSSR count). The molecule has 1 aromatic carbocycles. The number of likely N-dealkylation sites (tertiary alicyclic amines) is 1. The molecule has 3 aromatic rings. The lowest BCUT2D eigenvalue weighted by atomic mass is 9.93. The van der Waals surface area contributed by atoms with Gasteiger partial charge in [-0.25, -0.2) is 4.79 Å². The first-order valence-electron chi connectivity index (χ1n) is 11.4. The fourth-order valence-electron chi connectivity index (χ4n) is 4.91. The van der Waals surface area contributed by atoms with Crippen LogP contribution in [-0.2, 0) is 13.0 Å². The second-order valence-electron chi connectivity index (χ2n) is 8.86. The standard InChI is InChI=1S/C25H30N6O/c1-3-30-14-20(18-6-4-17(2)5-7-18)23(16-30)27-25(32)31-13-10-22-21(15-31)24(29-28-22)19-8-11-26-12-9-19/h4-9,11-12,20,23H,3,10,13-16H2,1-2H3,(H,27,32)(H,28,29)/t20-,23+/m0/s1. The molecule has 0 radical (unpaired) electrons. The zero-order valence-electron chi connectivity index (χ0n) is 18.7. The number of nitrogens with one attached hydrogen (secondary N) is 2. The van der Waals surface area contributed by atoms with Gasteiger partial charge in [0.2, 0.25) is 0 Å². The van der Waals surface area contributed by atoms with E-state index in [0.717, 1.165) is 48.6 Å². The Kier molecular flexibility index (Phi) is 5.66. The Morgan fingerprint density at radius 2 is 1.94 bits per heavy atom. The molecule has 166 valence electrons. The minimum Gasteiger partial charge on any atom is -0.333 e. The molecule has 2 aromatic heterocycles. The number of aryl methyl sites for hydroxylation is 1. The number of aromatic amines is 1. The fraction of sp³-hybridized carbons (Fsp3) is 0.400. The predicted octanol–water partition coefficient (Wildman–Crippen LogP) is 3.34. The molecule has 2 atom stereocenters. The summed E-state index contributed by atoms with van der Waals surface area (Å²) in [5, 5.41) is 11.1. The van der Waals surface area contributed by atoms with Gasteiger partial charge in [-0.1, -0.05) is 36.8 Å². The van der Waals surface area contributed by atoms with Crippen LogP contribution in [0, 0.1) is 6.92 Å². The van der Waals surface area contributed by atoms with E-state index in [0.29, 0.717) is 19.0 Å². The van der Waals surface area contributed by atoms with Gasteiger partial charge in [0.05, 0.1) is 18.3 Å². The molecule has 7 heteroatoms. The maximum atomic E-state index is 13.3. The number of aromatic nitrogens is 3. The first-order chi connectivity index (χ1) is 15.6. The second-order valence-corrected chi connectivity index (χ2v) is 8.86. The van der Waals surface area contributed by atoms with Crippen LogP contribution in [0.3, 0.4) is 0 Å². The molecule has 2 N–H and O–H groups in total. The van der Waals surface area contributed by atoms with Gasteiger partial charge in [0.15, 0.2) is 0 Å². The second kappa shape index (κ2) is 8.74. The molecule has 0 spiro atoms. The van der Waals surface area contributed by atoms with Crippen LogP contribution in [0.15, 0.2) is 48.8 Å². The number of rotatable bonds is 4. The fourth-order valence-corrected chi connectivity index (χ4v) is 4.91. The number of amides is 2. The molecule has 2 amide bonds. The number of benzene rings is 1. The SMILES string of the molecule is CCN1C[C@@H](NC(=O)N2CCc3[nH]nc(-c4ccncc4)c3C2)[C@H](c2ccc(C)cc2)C1. The Balaban J connectivity index is 1.32. The minimum absolute atomic E-state index is 0.0117. The number of fused-ring (bicyclic) bond motifs is 1. The molecule has 0 saturated carbocycles. The molecule has 0 bridgehead atoms. The number of hydrogen-bond acceptors (Lipinski definition) is 4. The lowest BCUT2D eigenvalue weighted by Gasteiger charge is -2.30. The van der Waals surface area contributed by atoms with Gasteiger partial charge in [-0.2, -0.15) is 5.10 Å². The molecule has 1 saturated heterocycles. The van der Waals surface area contributed by atoms with Gasteiger partial charge in [-0.15, -0.1) is 0 Å². The van der Waals surface area contributed by atoms with Gasteiger partial charge >= 0.3 is 6.03 Å². The van der Waals surface area contributed by atoms with E-state index in [-0.39, 0.29) is 12.1 Å². The van der Waals surface area contributed by atoms with Crippen LogP contribution < -0.4 is 5.32 Å². The van der Waals surface area contributed by atoms with E-state index in [9.17, 15) is 4.79 Å². The van der Waals surface area contributed by atoms with Gasteiger partial charge < -0.3 is 15.1 Å². The highest BCUT2D eigenvalue weighted by atomic mass is 16.2. The number of nitrogens with zero attached hydrogens (tertiary/aromatic N) is 4. The number of hydrogen-bond donors (Lipinski definition) is 2. The Labute approximate surface area is 188 Å². The van der Waals surface area contributed by atoms with Crippen LogP contribution in [0.2, 0.25) is 0 Å². The molecule has 0 unspecified atom stereocenters. The van der Waals surface area contributed by atoms with Gasteiger partial charge in [-0.3, -0.25) is 10.1 Å². The summed E-state index contributed by atoms with van der Waals surface area (Å²) in [6.45, 7) is 8.40. The Hall–Kier alpha value is -3.19. The first-order valence-corrected chi connectivity index (χ1v) is 11.4. The summed E-state index contributed by atoms with van der Waals surface area (Å²) in [6, 6.07) is 12.8. The van der Waals surface area contributed by atoms with Crippen molar-refractivity contribution in [3.8, 4) is 11.3 Å². The molecule has 32 heavy (non-hydrogen) atoms. The normalized spacial score (nSPS) is 20.9. The van der Waals surface area contributed by atoms with Crippen molar-refractivity contribution in [3.63, 3.8) is 0 Å². The van der Waals surface area contributed by atoms with Crippen molar-refractivity contribution in [2.45, 2.75) is 38.8 Å².